The summed E-state index contributed by atoms with van der Waals surface area (Å²) in [7, 11) is 0. The van der Waals surface area contributed by atoms with Gasteiger partial charge in [-0.05, 0) is 41.8 Å². The number of rotatable bonds is 5. The fraction of sp³-hybridized carbons (Fsp3) is 0.278. The van der Waals surface area contributed by atoms with Crippen LogP contribution < -0.4 is 16.2 Å². The molecule has 0 aromatic heterocycles. The lowest BCUT2D eigenvalue weighted by atomic mass is 9.94. The molecule has 2 unspecified atom stereocenters. The Labute approximate surface area is 151 Å². The van der Waals surface area contributed by atoms with Gasteiger partial charge < -0.3 is 5.32 Å². The van der Waals surface area contributed by atoms with Crippen molar-refractivity contribution >= 4 is 29.1 Å². The first kappa shape index (κ1) is 17.2. The van der Waals surface area contributed by atoms with Gasteiger partial charge in [0.1, 0.15) is 0 Å². The Hall–Kier alpha value is -1.59. The molecule has 1 aliphatic heterocycles. The molecule has 2 aromatic rings. The van der Waals surface area contributed by atoms with Gasteiger partial charge in [0.15, 0.2) is 0 Å². The highest BCUT2D eigenvalue weighted by atomic mass is 35.5. The van der Waals surface area contributed by atoms with Crippen LogP contribution in [-0.2, 0) is 11.2 Å². The molecule has 2 aromatic carbocycles. The number of carbonyl (C=O) groups is 1. The van der Waals surface area contributed by atoms with Crippen molar-refractivity contribution in [2.75, 3.05) is 13.1 Å². The lowest BCUT2D eigenvalue weighted by molar-refractivity contribution is -0.124. The summed E-state index contributed by atoms with van der Waals surface area (Å²) in [5.74, 6) is -0.113. The second-order valence-corrected chi connectivity index (χ2v) is 6.70. The second kappa shape index (κ2) is 7.99. The summed E-state index contributed by atoms with van der Waals surface area (Å²) in [6.07, 6.45) is 0.780. The maximum atomic E-state index is 12.5. The maximum absolute atomic E-state index is 12.5. The Morgan fingerprint density at radius 1 is 1.04 bits per heavy atom. The van der Waals surface area contributed by atoms with Crippen molar-refractivity contribution in [3.05, 3.63) is 69.7 Å². The molecule has 0 saturated carbocycles. The molecule has 0 spiro atoms. The predicted molar refractivity (Wildman–Crippen MR) is 97.0 cm³/mol. The van der Waals surface area contributed by atoms with Gasteiger partial charge in [0, 0.05) is 23.1 Å². The van der Waals surface area contributed by atoms with Crippen molar-refractivity contribution in [2.45, 2.75) is 12.5 Å². The van der Waals surface area contributed by atoms with E-state index in [0.717, 1.165) is 22.6 Å². The van der Waals surface area contributed by atoms with Gasteiger partial charge in [0.05, 0.1) is 12.0 Å². The van der Waals surface area contributed by atoms with Crippen LogP contribution >= 0.6 is 23.2 Å². The van der Waals surface area contributed by atoms with Crippen LogP contribution in [0, 0.1) is 5.92 Å². The van der Waals surface area contributed by atoms with Gasteiger partial charge >= 0.3 is 0 Å². The molecule has 0 aliphatic carbocycles. The van der Waals surface area contributed by atoms with Crippen molar-refractivity contribution < 1.29 is 4.79 Å². The van der Waals surface area contributed by atoms with Gasteiger partial charge in [-0.3, -0.25) is 10.2 Å². The number of amides is 1. The lowest BCUT2D eigenvalue weighted by Gasteiger charge is -2.18. The molecule has 1 saturated heterocycles. The Morgan fingerprint density at radius 3 is 2.33 bits per heavy atom. The number of halogens is 2. The molecule has 6 heteroatoms. The van der Waals surface area contributed by atoms with Gasteiger partial charge in [-0.1, -0.05) is 47.5 Å². The molecule has 0 bridgehead atoms. The molecule has 126 valence electrons. The minimum absolute atomic E-state index is 0.0430. The largest absolute Gasteiger partial charge is 0.355 e. The number of nitrogens with one attached hydrogen (secondary N) is 3. The standard InChI is InChI=1S/C18H19Cl2N3O/c19-14-5-1-12(2-6-14)9-10-21-18(24)16-11-22-23-17(16)13-3-7-15(20)8-4-13/h1-8,16-17,22-23H,9-11H2,(H,21,24). The van der Waals surface area contributed by atoms with E-state index in [1.807, 2.05) is 48.5 Å². The van der Waals surface area contributed by atoms with Gasteiger partial charge in [0.2, 0.25) is 5.91 Å². The van der Waals surface area contributed by atoms with E-state index >= 15 is 0 Å². The number of hydrogen-bond acceptors (Lipinski definition) is 3. The summed E-state index contributed by atoms with van der Waals surface area (Å²) in [6, 6.07) is 15.2. The van der Waals surface area contributed by atoms with E-state index < -0.39 is 0 Å². The van der Waals surface area contributed by atoms with E-state index in [9.17, 15) is 4.79 Å². The number of hydrogen-bond donors (Lipinski definition) is 3. The molecule has 1 fully saturated rings. The summed E-state index contributed by atoms with van der Waals surface area (Å²) >= 11 is 11.8. The van der Waals surface area contributed by atoms with Crippen LogP contribution in [-0.4, -0.2) is 19.0 Å². The summed E-state index contributed by atoms with van der Waals surface area (Å²) in [6.45, 7) is 1.20. The smallest absolute Gasteiger partial charge is 0.226 e. The fourth-order valence-electron chi connectivity index (χ4n) is 2.84. The zero-order valence-electron chi connectivity index (χ0n) is 13.1. The van der Waals surface area contributed by atoms with E-state index in [1.54, 1.807) is 0 Å². The third-order valence-corrected chi connectivity index (χ3v) is 4.68. The van der Waals surface area contributed by atoms with Gasteiger partial charge in [-0.15, -0.1) is 0 Å². The van der Waals surface area contributed by atoms with Crippen LogP contribution in [0.5, 0.6) is 0 Å². The minimum atomic E-state index is -0.156. The van der Waals surface area contributed by atoms with Gasteiger partial charge in [0.25, 0.3) is 0 Å². The van der Waals surface area contributed by atoms with Crippen LogP contribution in [0.25, 0.3) is 0 Å². The molecule has 3 N–H and O–H groups in total. The summed E-state index contributed by atoms with van der Waals surface area (Å²) in [5, 5.41) is 4.43. The van der Waals surface area contributed by atoms with Crippen LogP contribution in [0.15, 0.2) is 48.5 Å². The summed E-state index contributed by atoms with van der Waals surface area (Å²) in [5.41, 5.74) is 8.43. The lowest BCUT2D eigenvalue weighted by Crippen LogP contribution is -2.36. The Balaban J connectivity index is 1.55. The molecular weight excluding hydrogens is 345 g/mol. The van der Waals surface area contributed by atoms with Crippen molar-refractivity contribution in [1.82, 2.24) is 16.2 Å². The molecule has 1 heterocycles. The van der Waals surface area contributed by atoms with E-state index in [-0.39, 0.29) is 17.9 Å². The Bertz CT molecular complexity index is 688. The molecular formula is C18H19Cl2N3O. The first-order valence-electron chi connectivity index (χ1n) is 7.89. The van der Waals surface area contributed by atoms with Crippen LogP contribution in [0.1, 0.15) is 17.2 Å². The monoisotopic (exact) mass is 363 g/mol. The van der Waals surface area contributed by atoms with Crippen LogP contribution in [0.3, 0.4) is 0 Å². The maximum Gasteiger partial charge on any atom is 0.226 e. The molecule has 0 radical (unpaired) electrons. The zero-order valence-corrected chi connectivity index (χ0v) is 14.6. The number of hydrazine groups is 1. The molecule has 4 nitrogen and oxygen atoms in total. The summed E-state index contributed by atoms with van der Waals surface area (Å²) in [4.78, 5) is 12.5. The zero-order chi connectivity index (χ0) is 16.9. The molecule has 3 rings (SSSR count). The predicted octanol–water partition coefficient (Wildman–Crippen LogP) is 3.12. The van der Waals surface area contributed by atoms with Gasteiger partial charge in [-0.25, -0.2) is 5.43 Å². The molecule has 1 amide bonds. The Kier molecular flexibility index (Phi) is 5.74. The normalized spacial score (nSPS) is 20.1. The van der Waals surface area contributed by atoms with Crippen molar-refractivity contribution in [1.29, 1.82) is 0 Å². The van der Waals surface area contributed by atoms with E-state index in [2.05, 4.69) is 16.2 Å². The van der Waals surface area contributed by atoms with Crippen LogP contribution in [0.2, 0.25) is 10.0 Å². The third kappa shape index (κ3) is 4.28. The average molecular weight is 364 g/mol. The first-order valence-corrected chi connectivity index (χ1v) is 8.65. The van der Waals surface area contributed by atoms with Gasteiger partial charge in [-0.2, -0.15) is 0 Å². The van der Waals surface area contributed by atoms with Crippen molar-refractivity contribution in [2.24, 2.45) is 5.92 Å². The molecule has 2 atom stereocenters. The third-order valence-electron chi connectivity index (χ3n) is 4.17. The summed E-state index contributed by atoms with van der Waals surface area (Å²) < 4.78 is 0. The highest BCUT2D eigenvalue weighted by molar-refractivity contribution is 6.30. The fourth-order valence-corrected chi connectivity index (χ4v) is 3.09. The average Bonchev–Trinajstić information content (AvgIpc) is 3.07. The number of carbonyl (C=O) groups excluding carboxylic acids is 1. The van der Waals surface area contributed by atoms with Crippen molar-refractivity contribution in [3.8, 4) is 0 Å². The van der Waals surface area contributed by atoms with E-state index in [1.165, 1.54) is 0 Å². The van der Waals surface area contributed by atoms with E-state index in [0.29, 0.717) is 18.1 Å². The second-order valence-electron chi connectivity index (χ2n) is 5.83. The molecule has 24 heavy (non-hydrogen) atoms. The first-order chi connectivity index (χ1) is 11.6. The van der Waals surface area contributed by atoms with Crippen LogP contribution in [0.4, 0.5) is 0 Å². The van der Waals surface area contributed by atoms with E-state index in [4.69, 9.17) is 23.2 Å². The SMILES string of the molecule is O=C(NCCc1ccc(Cl)cc1)C1CNNC1c1ccc(Cl)cc1. The minimum Gasteiger partial charge on any atom is -0.355 e. The highest BCUT2D eigenvalue weighted by Gasteiger charge is 2.33. The quantitative estimate of drug-likeness (QED) is 0.764. The van der Waals surface area contributed by atoms with Crippen molar-refractivity contribution in [3.63, 3.8) is 0 Å². The number of benzene rings is 2. The topological polar surface area (TPSA) is 53.2 Å². The highest BCUT2D eigenvalue weighted by Crippen LogP contribution is 2.26. The Morgan fingerprint density at radius 2 is 1.67 bits per heavy atom. The molecule has 1 aliphatic rings.